The van der Waals surface area contributed by atoms with Crippen molar-refractivity contribution in [3.63, 3.8) is 0 Å². The van der Waals surface area contributed by atoms with Crippen LogP contribution < -0.4 is 4.74 Å². The zero-order valence-corrected chi connectivity index (χ0v) is 10.2. The molecule has 0 unspecified atom stereocenters. The first kappa shape index (κ1) is 12.3. The van der Waals surface area contributed by atoms with E-state index in [0.717, 1.165) is 10.0 Å². The van der Waals surface area contributed by atoms with E-state index in [9.17, 15) is 5.11 Å². The van der Waals surface area contributed by atoms with Crippen LogP contribution in [0.15, 0.2) is 16.6 Å². The molecule has 0 atom stereocenters. The number of methoxy groups -OCH3 is 2. The molecule has 0 aliphatic carbocycles. The predicted octanol–water partition coefficient (Wildman–Crippen LogP) is 2.28. The second-order valence-corrected chi connectivity index (χ2v) is 3.69. The van der Waals surface area contributed by atoms with E-state index in [-0.39, 0.29) is 12.5 Å². The fourth-order valence-corrected chi connectivity index (χ4v) is 1.59. The predicted molar refractivity (Wildman–Crippen MR) is 59.0 cm³/mol. The highest BCUT2D eigenvalue weighted by molar-refractivity contribution is 9.10. The van der Waals surface area contributed by atoms with Gasteiger partial charge in [0.15, 0.2) is 6.79 Å². The Bertz CT molecular complexity index is 327. The van der Waals surface area contributed by atoms with E-state index < -0.39 is 0 Å². The maximum absolute atomic E-state index is 9.45. The van der Waals surface area contributed by atoms with Crippen molar-refractivity contribution in [2.24, 2.45) is 0 Å². The second kappa shape index (κ2) is 5.95. The largest absolute Gasteiger partial charge is 0.508 e. The fourth-order valence-electron chi connectivity index (χ4n) is 1.13. The molecule has 0 saturated heterocycles. The van der Waals surface area contributed by atoms with E-state index in [1.807, 2.05) is 0 Å². The summed E-state index contributed by atoms with van der Waals surface area (Å²) in [4.78, 5) is 0. The number of ether oxygens (including phenoxy) is 3. The van der Waals surface area contributed by atoms with Gasteiger partial charge in [-0.1, -0.05) is 0 Å². The molecule has 1 N–H and O–H groups in total. The Morgan fingerprint density at radius 1 is 1.27 bits per heavy atom. The van der Waals surface area contributed by atoms with Gasteiger partial charge in [-0.3, -0.25) is 0 Å². The van der Waals surface area contributed by atoms with E-state index >= 15 is 0 Å². The molecule has 0 radical (unpaired) electrons. The van der Waals surface area contributed by atoms with Crippen molar-refractivity contribution in [3.05, 3.63) is 22.2 Å². The summed E-state index contributed by atoms with van der Waals surface area (Å²) in [5, 5.41) is 9.45. The van der Waals surface area contributed by atoms with Crippen LogP contribution in [0.2, 0.25) is 0 Å². The van der Waals surface area contributed by atoms with E-state index in [4.69, 9.17) is 14.2 Å². The Kier molecular flexibility index (Phi) is 4.87. The van der Waals surface area contributed by atoms with Crippen molar-refractivity contribution in [3.8, 4) is 11.5 Å². The average Bonchev–Trinajstić information content (AvgIpc) is 2.21. The molecule has 0 saturated carbocycles. The standard InChI is InChI=1S/C10H13BrO4/c1-13-5-7-3-8(12)4-9(10(7)11)15-6-14-2/h3-4,12H,5-6H2,1-2H3. The van der Waals surface area contributed by atoms with Crippen LogP contribution in [0.5, 0.6) is 11.5 Å². The summed E-state index contributed by atoms with van der Waals surface area (Å²) in [5.74, 6) is 0.667. The number of phenolic OH excluding ortho intramolecular Hbond substituents is 1. The van der Waals surface area contributed by atoms with Crippen molar-refractivity contribution in [1.82, 2.24) is 0 Å². The first-order valence-corrected chi connectivity index (χ1v) is 5.10. The average molecular weight is 277 g/mol. The van der Waals surface area contributed by atoms with Gasteiger partial charge in [0.1, 0.15) is 11.5 Å². The van der Waals surface area contributed by atoms with Gasteiger partial charge < -0.3 is 19.3 Å². The Balaban J connectivity index is 2.93. The van der Waals surface area contributed by atoms with Gasteiger partial charge in [-0.2, -0.15) is 0 Å². The molecule has 5 heteroatoms. The van der Waals surface area contributed by atoms with E-state index in [2.05, 4.69) is 15.9 Å². The minimum Gasteiger partial charge on any atom is -0.508 e. The fraction of sp³-hybridized carbons (Fsp3) is 0.400. The van der Waals surface area contributed by atoms with Crippen molar-refractivity contribution in [1.29, 1.82) is 0 Å². The maximum Gasteiger partial charge on any atom is 0.188 e. The van der Waals surface area contributed by atoms with E-state index in [1.165, 1.54) is 13.2 Å². The summed E-state index contributed by atoms with van der Waals surface area (Å²) in [5.41, 5.74) is 0.823. The van der Waals surface area contributed by atoms with Crippen LogP contribution in [0.1, 0.15) is 5.56 Å². The number of phenols is 1. The van der Waals surface area contributed by atoms with Gasteiger partial charge in [0.25, 0.3) is 0 Å². The quantitative estimate of drug-likeness (QED) is 0.839. The summed E-state index contributed by atoms with van der Waals surface area (Å²) < 4.78 is 15.8. The third-order valence-corrected chi connectivity index (χ3v) is 2.63. The van der Waals surface area contributed by atoms with E-state index in [1.54, 1.807) is 13.2 Å². The molecular weight excluding hydrogens is 264 g/mol. The first-order valence-electron chi connectivity index (χ1n) is 4.31. The molecular formula is C10H13BrO4. The number of halogens is 1. The molecule has 15 heavy (non-hydrogen) atoms. The van der Waals surface area contributed by atoms with Crippen LogP contribution in [-0.4, -0.2) is 26.1 Å². The lowest BCUT2D eigenvalue weighted by Gasteiger charge is -2.11. The zero-order chi connectivity index (χ0) is 11.3. The van der Waals surface area contributed by atoms with Crippen LogP contribution in [0.3, 0.4) is 0 Å². The SMILES string of the molecule is COCOc1cc(O)cc(COC)c1Br. The van der Waals surface area contributed by atoms with Crippen molar-refractivity contribution in [2.75, 3.05) is 21.0 Å². The molecule has 1 aromatic carbocycles. The maximum atomic E-state index is 9.45. The molecule has 0 spiro atoms. The lowest BCUT2D eigenvalue weighted by molar-refractivity contribution is 0.0502. The molecule has 84 valence electrons. The van der Waals surface area contributed by atoms with Crippen LogP contribution in [-0.2, 0) is 16.1 Å². The third-order valence-electron chi connectivity index (χ3n) is 1.73. The molecule has 4 nitrogen and oxygen atoms in total. The molecule has 1 aromatic rings. The molecule has 0 amide bonds. The Hall–Kier alpha value is -0.780. The first-order chi connectivity index (χ1) is 7.19. The summed E-state index contributed by atoms with van der Waals surface area (Å²) >= 11 is 3.37. The molecule has 0 bridgehead atoms. The minimum absolute atomic E-state index is 0.133. The van der Waals surface area contributed by atoms with Crippen molar-refractivity contribution < 1.29 is 19.3 Å². The summed E-state index contributed by atoms with van der Waals surface area (Å²) in [6.45, 7) is 0.535. The lowest BCUT2D eigenvalue weighted by Crippen LogP contribution is -2.01. The smallest absolute Gasteiger partial charge is 0.188 e. The summed E-state index contributed by atoms with van der Waals surface area (Å²) in [6, 6.07) is 3.13. The van der Waals surface area contributed by atoms with Gasteiger partial charge in [-0.25, -0.2) is 0 Å². The second-order valence-electron chi connectivity index (χ2n) is 2.90. The highest BCUT2D eigenvalue weighted by atomic mass is 79.9. The third kappa shape index (κ3) is 3.37. The Morgan fingerprint density at radius 2 is 2.00 bits per heavy atom. The van der Waals surface area contributed by atoms with Gasteiger partial charge in [0.2, 0.25) is 0 Å². The highest BCUT2D eigenvalue weighted by Crippen LogP contribution is 2.33. The van der Waals surface area contributed by atoms with E-state index in [0.29, 0.717) is 12.4 Å². The number of hydrogen-bond donors (Lipinski definition) is 1. The number of hydrogen-bond acceptors (Lipinski definition) is 4. The molecule has 0 fully saturated rings. The number of aromatic hydroxyl groups is 1. The molecule has 0 heterocycles. The van der Waals surface area contributed by atoms with Crippen LogP contribution in [0, 0.1) is 0 Å². The van der Waals surface area contributed by atoms with Gasteiger partial charge >= 0.3 is 0 Å². The van der Waals surface area contributed by atoms with Crippen molar-refractivity contribution >= 4 is 15.9 Å². The monoisotopic (exact) mass is 276 g/mol. The molecule has 0 aliphatic heterocycles. The summed E-state index contributed by atoms with van der Waals surface area (Å²) in [7, 11) is 3.12. The number of benzene rings is 1. The normalized spacial score (nSPS) is 10.3. The minimum atomic E-state index is 0.133. The van der Waals surface area contributed by atoms with Crippen LogP contribution in [0.25, 0.3) is 0 Å². The highest BCUT2D eigenvalue weighted by Gasteiger charge is 2.09. The molecule has 0 aromatic heterocycles. The Morgan fingerprint density at radius 3 is 2.60 bits per heavy atom. The topological polar surface area (TPSA) is 47.9 Å². The molecule has 0 aliphatic rings. The van der Waals surface area contributed by atoms with Gasteiger partial charge in [-0.15, -0.1) is 0 Å². The zero-order valence-electron chi connectivity index (χ0n) is 8.62. The van der Waals surface area contributed by atoms with Crippen LogP contribution in [0.4, 0.5) is 0 Å². The van der Waals surface area contributed by atoms with Gasteiger partial charge in [0, 0.05) is 20.3 Å². The van der Waals surface area contributed by atoms with Crippen LogP contribution >= 0.6 is 15.9 Å². The Labute approximate surface area is 96.9 Å². The van der Waals surface area contributed by atoms with Gasteiger partial charge in [0.05, 0.1) is 11.1 Å². The number of rotatable bonds is 5. The molecule has 1 rings (SSSR count). The lowest BCUT2D eigenvalue weighted by atomic mass is 10.2. The van der Waals surface area contributed by atoms with Gasteiger partial charge in [-0.05, 0) is 27.6 Å². The summed E-state index contributed by atoms with van der Waals surface area (Å²) in [6.07, 6.45) is 0. The van der Waals surface area contributed by atoms with Crippen molar-refractivity contribution in [2.45, 2.75) is 6.61 Å².